The molecule has 0 N–H and O–H groups in total. The zero-order valence-corrected chi connectivity index (χ0v) is 21.3. The number of esters is 2. The van der Waals surface area contributed by atoms with Crippen LogP contribution in [0.1, 0.15) is 27.7 Å². The largest absolute Gasteiger partial charge is 0.590 e. The number of halogens is 1. The Labute approximate surface area is 209 Å². The van der Waals surface area contributed by atoms with Crippen LogP contribution in [0.4, 0.5) is 4.39 Å². The molecule has 0 amide bonds. The van der Waals surface area contributed by atoms with Gasteiger partial charge in [0.25, 0.3) is 0 Å². The van der Waals surface area contributed by atoms with Gasteiger partial charge in [0.2, 0.25) is 6.29 Å². The van der Waals surface area contributed by atoms with E-state index in [-0.39, 0.29) is 11.5 Å². The monoisotopic (exact) mass is 524 g/mol. The average molecular weight is 524 g/mol. The van der Waals surface area contributed by atoms with Gasteiger partial charge in [-0.15, -0.1) is 0 Å². The summed E-state index contributed by atoms with van der Waals surface area (Å²) in [6.45, 7) is 5.27. The number of para-hydroxylation sites is 2. The molecule has 1 aliphatic heterocycles. The Balaban J connectivity index is 1.92. The number of hydrogen-bond acceptors (Lipinski definition) is 9. The summed E-state index contributed by atoms with van der Waals surface area (Å²) in [6, 6.07) is 16.4. The standard InChI is InChI=1S/C25H30FO9P/c1-16-17(2)24(31-19(4)28)25(32-23(16)22(26)15-30-18(3)27)35-36(29,33-20-11-7-5-8-12-20)34-21-13-9-6-10-14-21/h5-14,16-17,22-25H,15H2,1-4H3/t16-,17-,22-,23?,24?,25-/m0/s1. The molecule has 2 unspecified atom stereocenters. The minimum Gasteiger partial charge on any atom is -0.463 e. The lowest BCUT2D eigenvalue weighted by Crippen LogP contribution is -2.55. The molecular weight excluding hydrogens is 494 g/mol. The van der Waals surface area contributed by atoms with Crippen molar-refractivity contribution in [3.63, 3.8) is 0 Å². The van der Waals surface area contributed by atoms with Crippen molar-refractivity contribution in [3.8, 4) is 11.5 Å². The van der Waals surface area contributed by atoms with E-state index in [9.17, 15) is 14.2 Å². The SMILES string of the molecule is CC(=O)OC[C@H](F)C1O[C@@H](OP(=O)(Oc2ccccc2)Oc2ccccc2)C(OC(C)=O)[C@@H](C)[C@@H]1C. The number of alkyl halides is 1. The van der Waals surface area contributed by atoms with Crippen LogP contribution in [0.25, 0.3) is 0 Å². The van der Waals surface area contributed by atoms with Crippen molar-refractivity contribution >= 4 is 19.8 Å². The van der Waals surface area contributed by atoms with Crippen molar-refractivity contribution in [1.82, 2.24) is 0 Å². The van der Waals surface area contributed by atoms with E-state index in [0.717, 1.165) is 0 Å². The van der Waals surface area contributed by atoms with Crippen LogP contribution in [0.5, 0.6) is 11.5 Å². The maximum absolute atomic E-state index is 15.1. The molecule has 0 bridgehead atoms. The minimum absolute atomic E-state index is 0.188. The van der Waals surface area contributed by atoms with Gasteiger partial charge >= 0.3 is 19.8 Å². The van der Waals surface area contributed by atoms with Gasteiger partial charge in [-0.3, -0.25) is 9.59 Å². The first-order valence-corrected chi connectivity index (χ1v) is 12.9. The summed E-state index contributed by atoms with van der Waals surface area (Å²) in [7, 11) is -4.47. The van der Waals surface area contributed by atoms with Gasteiger partial charge in [0.05, 0.1) is 6.10 Å². The highest BCUT2D eigenvalue weighted by atomic mass is 31.2. The van der Waals surface area contributed by atoms with Gasteiger partial charge < -0.3 is 23.3 Å². The molecule has 1 aliphatic rings. The molecule has 3 rings (SSSR count). The molecule has 0 aromatic heterocycles. The lowest BCUT2D eigenvalue weighted by atomic mass is 9.82. The summed E-state index contributed by atoms with van der Waals surface area (Å²) >= 11 is 0. The van der Waals surface area contributed by atoms with E-state index in [0.29, 0.717) is 0 Å². The predicted octanol–water partition coefficient (Wildman–Crippen LogP) is 5.10. The molecule has 196 valence electrons. The van der Waals surface area contributed by atoms with Crippen LogP contribution >= 0.6 is 7.82 Å². The summed E-state index contributed by atoms with van der Waals surface area (Å²) in [5, 5.41) is 0. The van der Waals surface area contributed by atoms with E-state index in [1.807, 2.05) is 0 Å². The molecule has 11 heteroatoms. The molecule has 6 atom stereocenters. The Morgan fingerprint density at radius 1 is 0.917 bits per heavy atom. The second-order valence-corrected chi connectivity index (χ2v) is 9.91. The molecule has 2 aromatic rings. The van der Waals surface area contributed by atoms with Crippen LogP contribution in [0.15, 0.2) is 60.7 Å². The topological polar surface area (TPSA) is 107 Å². The summed E-state index contributed by atoms with van der Waals surface area (Å²) < 4.78 is 62.0. The van der Waals surface area contributed by atoms with E-state index in [4.69, 9.17) is 27.8 Å². The van der Waals surface area contributed by atoms with Crippen molar-refractivity contribution in [3.05, 3.63) is 60.7 Å². The van der Waals surface area contributed by atoms with Gasteiger partial charge in [-0.1, -0.05) is 50.2 Å². The van der Waals surface area contributed by atoms with E-state index >= 15 is 4.39 Å². The summed E-state index contributed by atoms with van der Waals surface area (Å²) in [4.78, 5) is 23.0. The van der Waals surface area contributed by atoms with Crippen molar-refractivity contribution < 1.29 is 46.3 Å². The third kappa shape index (κ3) is 7.53. The van der Waals surface area contributed by atoms with Crippen molar-refractivity contribution in [2.45, 2.75) is 52.4 Å². The number of benzene rings is 2. The van der Waals surface area contributed by atoms with Crippen LogP contribution in [0.2, 0.25) is 0 Å². The summed E-state index contributed by atoms with van der Waals surface area (Å²) in [5.41, 5.74) is 0. The van der Waals surface area contributed by atoms with E-state index in [1.54, 1.807) is 74.5 Å². The fourth-order valence-electron chi connectivity index (χ4n) is 3.76. The normalized spacial score (nSPS) is 24.9. The first kappa shape index (κ1) is 27.6. The molecule has 0 spiro atoms. The van der Waals surface area contributed by atoms with E-state index in [1.165, 1.54) is 13.8 Å². The Kier molecular flexibility index (Phi) is 9.48. The molecule has 1 saturated heterocycles. The Morgan fingerprint density at radius 3 is 1.92 bits per heavy atom. The van der Waals surface area contributed by atoms with Crippen LogP contribution in [-0.4, -0.2) is 43.2 Å². The number of carbonyl (C=O) groups is 2. The second kappa shape index (κ2) is 12.3. The van der Waals surface area contributed by atoms with Gasteiger partial charge in [0.1, 0.15) is 18.1 Å². The number of phosphoric acid groups is 1. The average Bonchev–Trinajstić information content (AvgIpc) is 2.83. The first-order chi connectivity index (χ1) is 17.1. The van der Waals surface area contributed by atoms with Crippen molar-refractivity contribution in [2.24, 2.45) is 11.8 Å². The highest BCUT2D eigenvalue weighted by Gasteiger charge is 2.51. The second-order valence-electron chi connectivity index (χ2n) is 8.44. The lowest BCUT2D eigenvalue weighted by molar-refractivity contribution is -0.262. The van der Waals surface area contributed by atoms with Crippen LogP contribution in [0, 0.1) is 11.8 Å². The van der Waals surface area contributed by atoms with Gasteiger partial charge in [0.15, 0.2) is 12.3 Å². The van der Waals surface area contributed by atoms with Gasteiger partial charge in [-0.2, -0.15) is 0 Å². The highest BCUT2D eigenvalue weighted by Crippen LogP contribution is 2.53. The fraction of sp³-hybridized carbons (Fsp3) is 0.440. The molecule has 2 aromatic carbocycles. The minimum atomic E-state index is -4.47. The van der Waals surface area contributed by atoms with Crippen LogP contribution < -0.4 is 9.05 Å². The predicted molar refractivity (Wildman–Crippen MR) is 127 cm³/mol. The third-order valence-electron chi connectivity index (χ3n) is 5.68. The van der Waals surface area contributed by atoms with Gasteiger partial charge in [-0.05, 0) is 30.2 Å². The van der Waals surface area contributed by atoms with Gasteiger partial charge in [-0.25, -0.2) is 13.5 Å². The first-order valence-electron chi connectivity index (χ1n) is 11.5. The van der Waals surface area contributed by atoms with Crippen LogP contribution in [0.3, 0.4) is 0 Å². The molecule has 0 saturated carbocycles. The lowest BCUT2D eigenvalue weighted by Gasteiger charge is -2.44. The number of hydrogen-bond donors (Lipinski definition) is 0. The molecule has 0 aliphatic carbocycles. The number of carbonyl (C=O) groups excluding carboxylic acids is 2. The Hall–Kier alpha value is -2.94. The van der Waals surface area contributed by atoms with Crippen molar-refractivity contribution in [1.29, 1.82) is 0 Å². The Morgan fingerprint density at radius 2 is 1.44 bits per heavy atom. The van der Waals surface area contributed by atoms with Crippen LogP contribution in [-0.2, 0) is 32.9 Å². The maximum atomic E-state index is 15.1. The van der Waals surface area contributed by atoms with Crippen molar-refractivity contribution in [2.75, 3.05) is 6.61 Å². The maximum Gasteiger partial charge on any atom is 0.590 e. The Bertz CT molecular complexity index is 1010. The molecular formula is C25H30FO9P. The summed E-state index contributed by atoms with van der Waals surface area (Å²) in [6.07, 6.45) is -5.42. The molecule has 9 nitrogen and oxygen atoms in total. The molecule has 36 heavy (non-hydrogen) atoms. The zero-order valence-electron chi connectivity index (χ0n) is 20.4. The number of phosphoric ester groups is 1. The van der Waals surface area contributed by atoms with Gasteiger partial charge in [0, 0.05) is 19.8 Å². The highest BCUT2D eigenvalue weighted by molar-refractivity contribution is 7.49. The molecule has 1 heterocycles. The number of rotatable bonds is 10. The quantitative estimate of drug-likeness (QED) is 0.310. The third-order valence-corrected chi connectivity index (χ3v) is 7.02. The number of ether oxygens (including phenoxy) is 3. The van der Waals surface area contributed by atoms with E-state index in [2.05, 4.69) is 0 Å². The molecule has 1 fully saturated rings. The zero-order chi connectivity index (χ0) is 26.3. The summed E-state index contributed by atoms with van der Waals surface area (Å²) in [5.74, 6) is -1.87. The van der Waals surface area contributed by atoms with E-state index < -0.39 is 62.9 Å². The smallest absolute Gasteiger partial charge is 0.463 e. The fourth-order valence-corrected chi connectivity index (χ4v) is 5.07. The molecule has 0 radical (unpaired) electrons.